The van der Waals surface area contributed by atoms with Crippen molar-refractivity contribution in [3.63, 3.8) is 0 Å². The number of nitrogens with one attached hydrogen (secondary N) is 1. The van der Waals surface area contributed by atoms with Gasteiger partial charge >= 0.3 is 5.97 Å². The summed E-state index contributed by atoms with van der Waals surface area (Å²) in [4.78, 5) is 10.8. The number of benzene rings is 1. The minimum absolute atomic E-state index is 0.437. The Morgan fingerprint density at radius 3 is 2.55 bits per heavy atom. The molecule has 1 aromatic carbocycles. The van der Waals surface area contributed by atoms with E-state index in [9.17, 15) is 13.2 Å². The summed E-state index contributed by atoms with van der Waals surface area (Å²) in [5.74, 6) is -0.957. The van der Waals surface area contributed by atoms with E-state index in [0.29, 0.717) is 11.3 Å². The lowest BCUT2D eigenvalue weighted by Crippen LogP contribution is -2.38. The molecule has 1 heterocycles. The highest BCUT2D eigenvalue weighted by Gasteiger charge is 2.30. The second-order valence-electron chi connectivity index (χ2n) is 4.55. The molecule has 2 aromatic rings. The number of rotatable bonds is 5. The first-order chi connectivity index (χ1) is 9.31. The lowest BCUT2D eigenvalue weighted by Gasteiger charge is -2.14. The van der Waals surface area contributed by atoms with E-state index in [0.717, 1.165) is 12.3 Å². The summed E-state index contributed by atoms with van der Waals surface area (Å²) < 4.78 is 31.5. The smallest absolute Gasteiger partial charge is 0.323 e. The van der Waals surface area contributed by atoms with Crippen LogP contribution in [0.1, 0.15) is 25.6 Å². The van der Waals surface area contributed by atoms with Gasteiger partial charge in [0.1, 0.15) is 11.3 Å². The van der Waals surface area contributed by atoms with Gasteiger partial charge in [0, 0.05) is 5.39 Å². The molecular formula is C13H15NO5S. The summed E-state index contributed by atoms with van der Waals surface area (Å²) in [5, 5.41) is 8.11. The molecule has 108 valence electrons. The highest BCUT2D eigenvalue weighted by Crippen LogP contribution is 2.24. The van der Waals surface area contributed by atoms with Crippen molar-refractivity contribution in [2.45, 2.75) is 25.1 Å². The third kappa shape index (κ3) is 2.83. The van der Waals surface area contributed by atoms with Crippen LogP contribution in [-0.4, -0.2) is 24.7 Å². The molecule has 2 rings (SSSR count). The number of carbonyl (C=O) groups is 1. The van der Waals surface area contributed by atoms with Gasteiger partial charge in [-0.25, -0.2) is 13.1 Å². The molecule has 0 amide bonds. The van der Waals surface area contributed by atoms with Crippen LogP contribution in [0, 0.1) is 0 Å². The lowest BCUT2D eigenvalue weighted by atomic mass is 10.2. The van der Waals surface area contributed by atoms with Gasteiger partial charge in [-0.2, -0.15) is 0 Å². The molecule has 2 N–H and O–H groups in total. The molecule has 0 aliphatic rings. The molecule has 0 aliphatic heterocycles. The molecule has 0 aliphatic carbocycles. The van der Waals surface area contributed by atoms with Crippen LogP contribution < -0.4 is 4.72 Å². The number of hydrogen-bond acceptors (Lipinski definition) is 4. The fourth-order valence-electron chi connectivity index (χ4n) is 1.76. The maximum Gasteiger partial charge on any atom is 0.323 e. The lowest BCUT2D eigenvalue weighted by molar-refractivity contribution is -0.136. The van der Waals surface area contributed by atoms with E-state index in [4.69, 9.17) is 9.52 Å². The summed E-state index contributed by atoms with van der Waals surface area (Å²) in [6, 6.07) is 8.38. The fraction of sp³-hybridized carbons (Fsp3) is 0.308. The first-order valence-corrected chi connectivity index (χ1v) is 7.58. The standard InChI is InChI=1S/C13H15NO5S/c1-8(14-20(17,18)9(2)13(15)16)12-7-10-5-3-4-6-11(10)19-12/h3-9,14H,1-2H3,(H,15,16). The van der Waals surface area contributed by atoms with Gasteiger partial charge < -0.3 is 9.52 Å². The van der Waals surface area contributed by atoms with Crippen molar-refractivity contribution in [3.8, 4) is 0 Å². The van der Waals surface area contributed by atoms with E-state index in [1.54, 1.807) is 19.1 Å². The van der Waals surface area contributed by atoms with Crippen LogP contribution in [0.2, 0.25) is 0 Å². The zero-order chi connectivity index (χ0) is 14.9. The van der Waals surface area contributed by atoms with E-state index >= 15 is 0 Å². The first kappa shape index (κ1) is 14.5. The fourth-order valence-corrected chi connectivity index (χ4v) is 2.83. The van der Waals surface area contributed by atoms with Crippen molar-refractivity contribution < 1.29 is 22.7 Å². The van der Waals surface area contributed by atoms with Crippen molar-refractivity contribution in [2.24, 2.45) is 0 Å². The van der Waals surface area contributed by atoms with Crippen molar-refractivity contribution in [2.75, 3.05) is 0 Å². The molecule has 0 radical (unpaired) electrons. The van der Waals surface area contributed by atoms with Crippen molar-refractivity contribution in [1.82, 2.24) is 4.72 Å². The van der Waals surface area contributed by atoms with Crippen LogP contribution in [-0.2, 0) is 14.8 Å². The van der Waals surface area contributed by atoms with Crippen LogP contribution in [0.25, 0.3) is 11.0 Å². The first-order valence-electron chi connectivity index (χ1n) is 6.03. The normalized spacial score (nSPS) is 15.1. The Labute approximate surface area is 116 Å². The third-order valence-corrected chi connectivity index (χ3v) is 4.84. The molecule has 1 aromatic heterocycles. The molecule has 0 saturated heterocycles. The maximum atomic E-state index is 11.8. The van der Waals surface area contributed by atoms with Gasteiger partial charge in [-0.1, -0.05) is 18.2 Å². The Kier molecular flexibility index (Phi) is 3.82. The van der Waals surface area contributed by atoms with E-state index in [1.807, 2.05) is 18.2 Å². The summed E-state index contributed by atoms with van der Waals surface area (Å²) in [6.07, 6.45) is 0. The number of fused-ring (bicyclic) bond motifs is 1. The largest absolute Gasteiger partial charge is 0.480 e. The molecule has 0 fully saturated rings. The molecule has 0 spiro atoms. The monoisotopic (exact) mass is 297 g/mol. The minimum Gasteiger partial charge on any atom is -0.480 e. The maximum absolute atomic E-state index is 11.8. The average molecular weight is 297 g/mol. The number of para-hydroxylation sites is 1. The van der Waals surface area contributed by atoms with E-state index < -0.39 is 27.3 Å². The second-order valence-corrected chi connectivity index (χ2v) is 6.58. The number of carboxylic acids is 1. The summed E-state index contributed by atoms with van der Waals surface area (Å²) in [6.45, 7) is 2.72. The van der Waals surface area contributed by atoms with Crippen molar-refractivity contribution in [3.05, 3.63) is 36.1 Å². The molecule has 0 saturated carbocycles. The Morgan fingerprint density at radius 2 is 1.95 bits per heavy atom. The van der Waals surface area contributed by atoms with Crippen molar-refractivity contribution >= 4 is 27.0 Å². The number of aliphatic carboxylic acids is 1. The molecule has 2 atom stereocenters. The minimum atomic E-state index is -3.95. The van der Waals surface area contributed by atoms with Crippen LogP contribution in [0.15, 0.2) is 34.7 Å². The molecule has 20 heavy (non-hydrogen) atoms. The van der Waals surface area contributed by atoms with Gasteiger partial charge in [0.15, 0.2) is 5.25 Å². The number of hydrogen-bond donors (Lipinski definition) is 2. The van der Waals surface area contributed by atoms with Gasteiger partial charge in [0.05, 0.1) is 6.04 Å². The molecule has 0 bridgehead atoms. The molecule has 2 unspecified atom stereocenters. The second kappa shape index (κ2) is 5.26. The van der Waals surface area contributed by atoms with Crippen LogP contribution in [0.4, 0.5) is 0 Å². The van der Waals surface area contributed by atoms with Gasteiger partial charge in [0.2, 0.25) is 10.0 Å². The van der Waals surface area contributed by atoms with Crippen LogP contribution >= 0.6 is 0 Å². The van der Waals surface area contributed by atoms with Gasteiger partial charge in [-0.3, -0.25) is 4.79 Å². The molecule has 6 nitrogen and oxygen atoms in total. The van der Waals surface area contributed by atoms with Gasteiger partial charge in [-0.15, -0.1) is 0 Å². The molecule has 7 heteroatoms. The highest BCUT2D eigenvalue weighted by atomic mass is 32.2. The topological polar surface area (TPSA) is 96.6 Å². The van der Waals surface area contributed by atoms with E-state index in [1.165, 1.54) is 0 Å². The predicted molar refractivity (Wildman–Crippen MR) is 73.8 cm³/mol. The Morgan fingerprint density at radius 1 is 1.30 bits per heavy atom. The van der Waals surface area contributed by atoms with Crippen molar-refractivity contribution in [1.29, 1.82) is 0 Å². The zero-order valence-electron chi connectivity index (χ0n) is 11.0. The summed E-state index contributed by atoms with van der Waals surface area (Å²) >= 11 is 0. The Hall–Kier alpha value is -1.86. The van der Waals surface area contributed by atoms with Crippen LogP contribution in [0.5, 0.6) is 0 Å². The Balaban J connectivity index is 2.23. The van der Waals surface area contributed by atoms with Gasteiger partial charge in [0.25, 0.3) is 0 Å². The number of carboxylic acid groups (broad SMARTS) is 1. The van der Waals surface area contributed by atoms with Crippen LogP contribution in [0.3, 0.4) is 0 Å². The summed E-state index contributed by atoms with van der Waals surface area (Å²) in [7, 11) is -3.95. The van der Waals surface area contributed by atoms with E-state index in [-0.39, 0.29) is 0 Å². The number of furan rings is 1. The summed E-state index contributed by atoms with van der Waals surface area (Å²) in [5.41, 5.74) is 0.653. The number of sulfonamides is 1. The third-order valence-electron chi connectivity index (χ3n) is 3.03. The predicted octanol–water partition coefficient (Wildman–Crippen LogP) is 1.89. The SMILES string of the molecule is CC(NS(=O)(=O)C(C)C(=O)O)c1cc2ccccc2o1. The quantitative estimate of drug-likeness (QED) is 0.878. The van der Waals surface area contributed by atoms with E-state index in [2.05, 4.69) is 4.72 Å². The zero-order valence-corrected chi connectivity index (χ0v) is 11.8. The highest BCUT2D eigenvalue weighted by molar-refractivity contribution is 7.90. The van der Waals surface area contributed by atoms with Gasteiger partial charge in [-0.05, 0) is 26.0 Å². The average Bonchev–Trinajstić information content (AvgIpc) is 2.81. The Bertz CT molecular complexity index is 701. The molecular weight excluding hydrogens is 282 g/mol.